The topological polar surface area (TPSA) is 85.5 Å². The Morgan fingerprint density at radius 1 is 1.55 bits per heavy atom. The van der Waals surface area contributed by atoms with Crippen molar-refractivity contribution >= 4 is 27.5 Å². The van der Waals surface area contributed by atoms with Gasteiger partial charge in [-0.05, 0) is 19.1 Å². The summed E-state index contributed by atoms with van der Waals surface area (Å²) in [5, 5.41) is 10.7. The molecule has 0 saturated heterocycles. The predicted molar refractivity (Wildman–Crippen MR) is 72.7 cm³/mol. The predicted octanol–water partition coefficient (Wildman–Crippen LogP) is 2.83. The molecule has 0 fully saturated rings. The molecule has 3 aromatic heterocycles. The van der Waals surface area contributed by atoms with Crippen molar-refractivity contribution in [1.29, 1.82) is 0 Å². The van der Waals surface area contributed by atoms with Gasteiger partial charge in [0, 0.05) is 0 Å². The second kappa shape index (κ2) is 4.93. The third kappa shape index (κ3) is 2.01. The molecule has 3 heterocycles. The Bertz CT molecular complexity index is 764. The zero-order valence-corrected chi connectivity index (χ0v) is 11.3. The number of ether oxygens (including phenoxy) is 1. The van der Waals surface area contributed by atoms with Crippen molar-refractivity contribution in [3.63, 3.8) is 0 Å². The second-order valence-corrected chi connectivity index (χ2v) is 4.89. The number of thiazole rings is 1. The third-order valence-electron chi connectivity index (χ3n) is 2.61. The van der Waals surface area contributed by atoms with Crippen molar-refractivity contribution in [3.05, 3.63) is 30.3 Å². The minimum atomic E-state index is -0.653. The molecule has 0 saturated carbocycles. The van der Waals surface area contributed by atoms with Crippen molar-refractivity contribution in [1.82, 2.24) is 9.97 Å². The fourth-order valence-electron chi connectivity index (χ4n) is 1.74. The molecule has 1 N–H and O–H groups in total. The lowest BCUT2D eigenvalue weighted by atomic mass is 10.3. The number of pyridine rings is 1. The molecule has 3 aromatic rings. The van der Waals surface area contributed by atoms with Crippen LogP contribution in [0.4, 0.5) is 0 Å². The Labute approximate surface area is 117 Å². The van der Waals surface area contributed by atoms with Gasteiger partial charge < -0.3 is 14.3 Å². The Kier molecular flexibility index (Phi) is 3.11. The Morgan fingerprint density at radius 2 is 2.40 bits per heavy atom. The van der Waals surface area contributed by atoms with Crippen molar-refractivity contribution < 1.29 is 19.1 Å². The van der Waals surface area contributed by atoms with Crippen LogP contribution in [-0.4, -0.2) is 27.7 Å². The van der Waals surface area contributed by atoms with Crippen LogP contribution in [0.25, 0.3) is 21.0 Å². The van der Waals surface area contributed by atoms with Crippen LogP contribution >= 0.6 is 11.3 Å². The summed E-state index contributed by atoms with van der Waals surface area (Å²) in [4.78, 5) is 19.9. The van der Waals surface area contributed by atoms with E-state index in [1.807, 2.05) is 0 Å². The maximum atomic E-state index is 11.7. The van der Waals surface area contributed by atoms with Crippen LogP contribution in [0, 0.1) is 0 Å². The molecule has 0 aliphatic heterocycles. The highest BCUT2D eigenvalue weighted by atomic mass is 32.1. The summed E-state index contributed by atoms with van der Waals surface area (Å²) in [6.45, 7) is 1.91. The van der Waals surface area contributed by atoms with Crippen LogP contribution in [0.2, 0.25) is 0 Å². The summed E-state index contributed by atoms with van der Waals surface area (Å²) < 4.78 is 10.6. The van der Waals surface area contributed by atoms with Crippen LogP contribution in [0.5, 0.6) is 5.75 Å². The van der Waals surface area contributed by atoms with Gasteiger partial charge in [0.1, 0.15) is 10.2 Å². The maximum Gasteiger partial charge on any atom is 0.360 e. The maximum absolute atomic E-state index is 11.7. The zero-order valence-electron chi connectivity index (χ0n) is 10.5. The number of aromatic hydroxyl groups is 1. The first kappa shape index (κ1) is 12.6. The summed E-state index contributed by atoms with van der Waals surface area (Å²) >= 11 is 1.23. The van der Waals surface area contributed by atoms with Gasteiger partial charge in [0.05, 0.1) is 19.1 Å². The van der Waals surface area contributed by atoms with Crippen LogP contribution < -0.4 is 0 Å². The highest BCUT2D eigenvalue weighted by Crippen LogP contribution is 2.36. The molecule has 0 aromatic carbocycles. The van der Waals surface area contributed by atoms with E-state index in [2.05, 4.69) is 9.97 Å². The first-order valence-corrected chi connectivity index (χ1v) is 6.72. The van der Waals surface area contributed by atoms with E-state index in [0.717, 1.165) is 0 Å². The van der Waals surface area contributed by atoms with Gasteiger partial charge in [0.2, 0.25) is 0 Å². The molecule has 6 nitrogen and oxygen atoms in total. The Hall–Kier alpha value is -2.41. The van der Waals surface area contributed by atoms with Gasteiger partial charge in [-0.3, -0.25) is 0 Å². The molecule has 7 heteroatoms. The molecule has 0 amide bonds. The molecule has 20 heavy (non-hydrogen) atoms. The lowest BCUT2D eigenvalue weighted by Gasteiger charge is -2.02. The van der Waals surface area contributed by atoms with Gasteiger partial charge in [-0.25, -0.2) is 14.8 Å². The van der Waals surface area contributed by atoms with Crippen molar-refractivity contribution in [2.75, 3.05) is 6.61 Å². The highest BCUT2D eigenvalue weighted by Gasteiger charge is 2.20. The normalized spacial score (nSPS) is 10.8. The molecule has 0 radical (unpaired) electrons. The zero-order chi connectivity index (χ0) is 14.1. The number of hydrogen-bond acceptors (Lipinski definition) is 7. The van der Waals surface area contributed by atoms with Gasteiger partial charge >= 0.3 is 5.97 Å². The average Bonchev–Trinajstić information content (AvgIpc) is 3.08. The van der Waals surface area contributed by atoms with Crippen LogP contribution in [-0.2, 0) is 4.74 Å². The summed E-state index contributed by atoms with van der Waals surface area (Å²) in [7, 11) is 0. The lowest BCUT2D eigenvalue weighted by Crippen LogP contribution is -2.07. The van der Waals surface area contributed by atoms with E-state index in [9.17, 15) is 9.90 Å². The van der Waals surface area contributed by atoms with E-state index in [1.54, 1.807) is 25.3 Å². The SMILES string of the molecule is CCOC(=O)c1ncc2nc(-c3ccco3)sc2c1O. The van der Waals surface area contributed by atoms with Gasteiger partial charge in [-0.15, -0.1) is 11.3 Å². The Morgan fingerprint density at radius 3 is 3.10 bits per heavy atom. The van der Waals surface area contributed by atoms with E-state index in [4.69, 9.17) is 9.15 Å². The van der Waals surface area contributed by atoms with Gasteiger partial charge in [-0.2, -0.15) is 0 Å². The summed E-state index contributed by atoms with van der Waals surface area (Å²) in [6.07, 6.45) is 2.98. The Balaban J connectivity index is 2.11. The van der Waals surface area contributed by atoms with E-state index in [1.165, 1.54) is 17.5 Å². The number of rotatable bonds is 3. The fourth-order valence-corrected chi connectivity index (χ4v) is 2.69. The second-order valence-electron chi connectivity index (χ2n) is 3.89. The molecule has 0 bridgehead atoms. The first-order valence-electron chi connectivity index (χ1n) is 5.90. The van der Waals surface area contributed by atoms with E-state index in [0.29, 0.717) is 21.0 Å². The monoisotopic (exact) mass is 290 g/mol. The molecule has 0 unspecified atom stereocenters. The van der Waals surface area contributed by atoms with Crippen molar-refractivity contribution in [2.24, 2.45) is 0 Å². The first-order chi connectivity index (χ1) is 9.70. The summed E-state index contributed by atoms with van der Waals surface area (Å²) in [5.74, 6) is -0.264. The lowest BCUT2D eigenvalue weighted by molar-refractivity contribution is 0.0516. The number of aromatic nitrogens is 2. The minimum Gasteiger partial charge on any atom is -0.504 e. The quantitative estimate of drug-likeness (QED) is 0.746. The van der Waals surface area contributed by atoms with Crippen LogP contribution in [0.1, 0.15) is 17.4 Å². The third-order valence-corrected chi connectivity index (χ3v) is 3.70. The van der Waals surface area contributed by atoms with Gasteiger partial charge in [-0.1, -0.05) is 0 Å². The van der Waals surface area contributed by atoms with E-state index < -0.39 is 5.97 Å². The van der Waals surface area contributed by atoms with Gasteiger partial charge in [0.25, 0.3) is 0 Å². The number of furan rings is 1. The fraction of sp³-hybridized carbons (Fsp3) is 0.154. The number of carbonyl (C=O) groups is 1. The van der Waals surface area contributed by atoms with Crippen molar-refractivity contribution in [3.8, 4) is 16.5 Å². The highest BCUT2D eigenvalue weighted by molar-refractivity contribution is 7.22. The molecule has 102 valence electrons. The minimum absolute atomic E-state index is 0.103. The summed E-state index contributed by atoms with van der Waals surface area (Å²) in [6, 6.07) is 3.53. The van der Waals surface area contributed by atoms with Crippen LogP contribution in [0.3, 0.4) is 0 Å². The van der Waals surface area contributed by atoms with Crippen molar-refractivity contribution in [2.45, 2.75) is 6.92 Å². The number of hydrogen-bond donors (Lipinski definition) is 1. The average molecular weight is 290 g/mol. The number of fused-ring (bicyclic) bond motifs is 1. The molecule has 0 atom stereocenters. The van der Waals surface area contributed by atoms with Crippen LogP contribution in [0.15, 0.2) is 29.0 Å². The number of carbonyl (C=O) groups excluding carboxylic acids is 1. The molecular weight excluding hydrogens is 280 g/mol. The van der Waals surface area contributed by atoms with Gasteiger partial charge in [0.15, 0.2) is 22.2 Å². The van der Waals surface area contributed by atoms with E-state index >= 15 is 0 Å². The smallest absolute Gasteiger partial charge is 0.360 e. The molecule has 0 aliphatic rings. The molecule has 0 aliphatic carbocycles. The largest absolute Gasteiger partial charge is 0.504 e. The molecule has 0 spiro atoms. The van der Waals surface area contributed by atoms with E-state index in [-0.39, 0.29) is 18.1 Å². The standard InChI is InChI=1S/C13H10N2O4S/c1-2-18-13(17)9-10(16)11-7(6-14-9)15-12(20-11)8-4-3-5-19-8/h3-6,16H,2H2,1H3. The molecule has 3 rings (SSSR count). The number of nitrogens with zero attached hydrogens (tertiary/aromatic N) is 2. The summed E-state index contributed by atoms with van der Waals surface area (Å²) in [5.41, 5.74) is 0.404. The number of esters is 1. The molecular formula is C13H10N2O4S.